The maximum atomic E-state index is 11.1. The standard InChI is InChI=1S/C4H11N2O2P.C4H11O2P.Al/c1-5-3-4-6(2)9(5,7)8;1-3-7(5,6)4-2;/h3-4H2,1-2H3,(H,7,8);3-4H2,1-2H3,(H,5,6);/q;;+1/p-1. The second-order valence-electron chi connectivity index (χ2n) is 3.83. The highest BCUT2D eigenvalue weighted by atomic mass is 31.2. The molecular formula is C8H21AlN2O4P2. The van der Waals surface area contributed by atoms with Crippen molar-refractivity contribution >= 4 is 31.7 Å². The molecule has 0 bridgehead atoms. The Kier molecular flexibility index (Phi) is 7.79. The molecule has 6 nitrogen and oxygen atoms in total. The van der Waals surface area contributed by atoms with Crippen molar-refractivity contribution in [2.24, 2.45) is 0 Å². The molecule has 1 heterocycles. The van der Waals surface area contributed by atoms with Crippen molar-refractivity contribution in [3.05, 3.63) is 0 Å². The van der Waals surface area contributed by atoms with Gasteiger partial charge in [-0.25, -0.2) is 9.34 Å². The largest absolute Gasteiger partial charge is 0.474 e. The van der Waals surface area contributed by atoms with Gasteiger partial charge in [-0.15, -0.1) is 0 Å². The fourth-order valence-corrected chi connectivity index (χ4v) is 4.04. The summed E-state index contributed by atoms with van der Waals surface area (Å²) in [7, 11) is -1.94. The van der Waals surface area contributed by atoms with E-state index in [1.54, 1.807) is 14.1 Å². The minimum Gasteiger partial charge on any atom is -0.474 e. The number of likely N-dealkylation sites (N-methyl/N-ethyl adjacent to an activating group) is 2. The highest BCUT2D eigenvalue weighted by Crippen LogP contribution is 2.50. The molecule has 1 N–H and O–H groups in total. The molecule has 0 aromatic heterocycles. The Morgan fingerprint density at radius 1 is 1.29 bits per heavy atom. The van der Waals surface area contributed by atoms with Crippen LogP contribution in [-0.4, -0.2) is 70.4 Å². The van der Waals surface area contributed by atoms with Crippen LogP contribution in [0.3, 0.4) is 0 Å². The zero-order valence-electron chi connectivity index (χ0n) is 10.9. The average Bonchev–Trinajstić information content (AvgIpc) is 2.56. The average molecular weight is 298 g/mol. The fourth-order valence-electron chi connectivity index (χ4n) is 1.18. The summed E-state index contributed by atoms with van der Waals surface area (Å²) in [5, 5.41) is 0. The lowest BCUT2D eigenvalue weighted by atomic mass is 10.6. The number of rotatable bonds is 3. The monoisotopic (exact) mass is 298 g/mol. The van der Waals surface area contributed by atoms with Gasteiger partial charge >= 0.3 is 24.3 Å². The van der Waals surface area contributed by atoms with E-state index < -0.39 is 15.0 Å². The van der Waals surface area contributed by atoms with Gasteiger partial charge < -0.3 is 8.47 Å². The first-order valence-corrected chi connectivity index (χ1v) is 9.49. The first-order valence-electron chi connectivity index (χ1n) is 5.46. The summed E-state index contributed by atoms with van der Waals surface area (Å²) in [6.45, 7) is 5.11. The van der Waals surface area contributed by atoms with Gasteiger partial charge in [0, 0.05) is 25.4 Å². The number of nitrogens with zero attached hydrogens (tertiary/aromatic N) is 2. The minimum atomic E-state index is -3.06. The minimum absolute atomic E-state index is 0.632. The van der Waals surface area contributed by atoms with Crippen LogP contribution in [-0.2, 0) is 12.7 Å². The molecule has 1 saturated heterocycles. The SMILES string of the molecule is CCP(=O)(CC)[O][Al].CN1CCN(C)P1(=O)O. The van der Waals surface area contributed by atoms with Crippen LogP contribution >= 0.6 is 15.0 Å². The molecule has 2 radical (unpaired) electrons. The molecule has 1 aliphatic rings. The molecule has 100 valence electrons. The van der Waals surface area contributed by atoms with Crippen LogP contribution < -0.4 is 0 Å². The van der Waals surface area contributed by atoms with Gasteiger partial charge in [0.25, 0.3) is 0 Å². The molecule has 1 fully saturated rings. The van der Waals surface area contributed by atoms with Crippen molar-refractivity contribution in [1.82, 2.24) is 9.34 Å². The molecule has 1 rings (SSSR count). The van der Waals surface area contributed by atoms with E-state index in [2.05, 4.69) is 16.6 Å². The molecule has 0 aliphatic carbocycles. The molecule has 0 spiro atoms. The Bertz CT molecular complexity index is 296. The maximum absolute atomic E-state index is 11.1. The van der Waals surface area contributed by atoms with E-state index in [9.17, 15) is 9.13 Å². The van der Waals surface area contributed by atoms with Crippen molar-refractivity contribution < 1.29 is 17.6 Å². The van der Waals surface area contributed by atoms with E-state index in [0.717, 1.165) is 0 Å². The van der Waals surface area contributed by atoms with Gasteiger partial charge in [0.05, 0.1) is 0 Å². The zero-order chi connectivity index (χ0) is 13.7. The lowest BCUT2D eigenvalue weighted by molar-refractivity contribution is 0.379. The van der Waals surface area contributed by atoms with Crippen molar-refractivity contribution in [1.29, 1.82) is 0 Å². The van der Waals surface area contributed by atoms with Crippen LogP contribution in [0.1, 0.15) is 13.8 Å². The second kappa shape index (κ2) is 7.43. The third-order valence-corrected chi connectivity index (χ3v) is 8.44. The molecule has 1 aliphatic heterocycles. The third-order valence-electron chi connectivity index (χ3n) is 2.79. The van der Waals surface area contributed by atoms with Crippen LogP contribution in [0, 0.1) is 0 Å². The summed E-state index contributed by atoms with van der Waals surface area (Å²) >= 11 is 2.05. The van der Waals surface area contributed by atoms with Gasteiger partial charge in [-0.2, -0.15) is 0 Å². The number of hydrogen-bond donors (Lipinski definition) is 1. The summed E-state index contributed by atoms with van der Waals surface area (Å²) in [5.41, 5.74) is 0. The van der Waals surface area contributed by atoms with Crippen molar-refractivity contribution in [3.63, 3.8) is 0 Å². The normalized spacial score (nSPS) is 21.0. The van der Waals surface area contributed by atoms with Crippen molar-refractivity contribution in [3.8, 4) is 0 Å². The van der Waals surface area contributed by atoms with Gasteiger partial charge in [0.1, 0.15) is 0 Å². The Labute approximate surface area is 112 Å². The Hall–Kier alpha value is 0.832. The lowest BCUT2D eigenvalue weighted by Crippen LogP contribution is -2.11. The predicted octanol–water partition coefficient (Wildman–Crippen LogP) is 1.37. The van der Waals surface area contributed by atoms with Gasteiger partial charge in [-0.05, 0) is 14.1 Å². The smallest absolute Gasteiger partial charge is 0.381 e. The first kappa shape index (κ1) is 17.8. The van der Waals surface area contributed by atoms with Gasteiger partial charge in [-0.3, -0.25) is 9.13 Å². The van der Waals surface area contributed by atoms with E-state index in [0.29, 0.717) is 25.4 Å². The van der Waals surface area contributed by atoms with Crippen LogP contribution in [0.15, 0.2) is 0 Å². The summed E-state index contributed by atoms with van der Waals surface area (Å²) in [5.74, 6) is 0. The molecule has 17 heavy (non-hydrogen) atoms. The topological polar surface area (TPSA) is 70.1 Å². The van der Waals surface area contributed by atoms with Crippen LogP contribution in [0.5, 0.6) is 0 Å². The number of hydrogen-bond acceptors (Lipinski definition) is 3. The third kappa shape index (κ3) is 5.14. The van der Waals surface area contributed by atoms with Crippen LogP contribution in [0.4, 0.5) is 0 Å². The van der Waals surface area contributed by atoms with Gasteiger partial charge in [-0.1, -0.05) is 13.8 Å². The van der Waals surface area contributed by atoms with Gasteiger partial charge in [0.15, 0.2) is 7.37 Å². The summed E-state index contributed by atoms with van der Waals surface area (Å²) < 4.78 is 29.8. The van der Waals surface area contributed by atoms with Crippen molar-refractivity contribution in [2.45, 2.75) is 13.8 Å². The molecule has 0 atom stereocenters. The van der Waals surface area contributed by atoms with E-state index in [-0.39, 0.29) is 0 Å². The Morgan fingerprint density at radius 3 is 1.71 bits per heavy atom. The van der Waals surface area contributed by atoms with Gasteiger partial charge in [0.2, 0.25) is 0 Å². The Morgan fingerprint density at radius 2 is 1.65 bits per heavy atom. The van der Waals surface area contributed by atoms with Crippen molar-refractivity contribution in [2.75, 3.05) is 39.5 Å². The highest BCUT2D eigenvalue weighted by Gasteiger charge is 2.35. The summed E-state index contributed by atoms with van der Waals surface area (Å²) in [4.78, 5) is 9.14. The molecule has 0 saturated carbocycles. The van der Waals surface area contributed by atoms with E-state index >= 15 is 0 Å². The maximum Gasteiger partial charge on any atom is 0.381 e. The predicted molar refractivity (Wildman–Crippen MR) is 70.6 cm³/mol. The highest BCUT2D eigenvalue weighted by molar-refractivity contribution is 7.59. The van der Waals surface area contributed by atoms with Crippen LogP contribution in [0.25, 0.3) is 0 Å². The molecule has 0 amide bonds. The van der Waals surface area contributed by atoms with E-state index in [4.69, 9.17) is 8.47 Å². The molecule has 0 aromatic rings. The molecule has 0 aromatic carbocycles. The van der Waals surface area contributed by atoms with Crippen LogP contribution in [0.2, 0.25) is 0 Å². The molecule has 9 heteroatoms. The van der Waals surface area contributed by atoms with E-state index in [1.165, 1.54) is 9.34 Å². The first-order chi connectivity index (χ1) is 7.73. The fraction of sp³-hybridized carbons (Fsp3) is 1.00. The zero-order valence-corrected chi connectivity index (χ0v) is 13.8. The quantitative estimate of drug-likeness (QED) is 0.627. The second-order valence-corrected chi connectivity index (χ2v) is 9.96. The molecule has 0 unspecified atom stereocenters. The summed E-state index contributed by atoms with van der Waals surface area (Å²) in [6, 6.07) is 0. The van der Waals surface area contributed by atoms with E-state index in [1.807, 2.05) is 13.8 Å². The molecular weight excluding hydrogens is 277 g/mol. The Balaban J connectivity index is 0.000000304. The lowest BCUT2D eigenvalue weighted by Gasteiger charge is -2.17. The summed E-state index contributed by atoms with van der Waals surface area (Å²) in [6.07, 6.45) is 1.26.